The van der Waals surface area contributed by atoms with Gasteiger partial charge in [-0.2, -0.15) is 0 Å². The van der Waals surface area contributed by atoms with E-state index >= 15 is 0 Å². The van der Waals surface area contributed by atoms with E-state index in [9.17, 15) is 9.59 Å². The maximum atomic E-state index is 13.0. The number of nitrogens with one attached hydrogen (secondary N) is 1. The molecule has 0 bridgehead atoms. The lowest BCUT2D eigenvalue weighted by atomic mass is 10.1. The number of likely N-dealkylation sites (N-methyl/N-ethyl adjacent to an activating group) is 1. The summed E-state index contributed by atoms with van der Waals surface area (Å²) in [5.41, 5.74) is 0.580. The quantitative estimate of drug-likeness (QED) is 0.643. The third kappa shape index (κ3) is 6.02. The van der Waals surface area contributed by atoms with Gasteiger partial charge in [0.25, 0.3) is 5.91 Å². The number of amides is 2. The molecule has 2 aromatic carbocycles. The molecule has 29 heavy (non-hydrogen) atoms. The minimum absolute atomic E-state index is 0.0925. The van der Waals surface area contributed by atoms with Crippen LogP contribution in [0.2, 0.25) is 10.0 Å². The molecular weight excluding hydrogens is 415 g/mol. The van der Waals surface area contributed by atoms with Crippen LogP contribution in [0.4, 0.5) is 0 Å². The molecule has 0 unspecified atom stereocenters. The molecule has 0 aromatic heterocycles. The van der Waals surface area contributed by atoms with E-state index in [1.807, 2.05) is 6.92 Å². The first kappa shape index (κ1) is 22.8. The average molecular weight is 439 g/mol. The second-order valence-electron chi connectivity index (χ2n) is 6.22. The predicted molar refractivity (Wildman–Crippen MR) is 114 cm³/mol. The molecule has 8 heteroatoms. The van der Waals surface area contributed by atoms with E-state index in [-0.39, 0.29) is 25.0 Å². The molecule has 0 aliphatic carbocycles. The zero-order chi connectivity index (χ0) is 21.4. The number of methoxy groups -OCH3 is 1. The van der Waals surface area contributed by atoms with Crippen LogP contribution in [0.1, 0.15) is 18.9 Å². The summed E-state index contributed by atoms with van der Waals surface area (Å²) < 4.78 is 10.7. The topological polar surface area (TPSA) is 67.9 Å². The van der Waals surface area contributed by atoms with Crippen molar-refractivity contribution in [3.05, 3.63) is 58.1 Å². The zero-order valence-corrected chi connectivity index (χ0v) is 18.1. The molecule has 1 atom stereocenters. The van der Waals surface area contributed by atoms with Crippen LogP contribution in [-0.2, 0) is 16.1 Å². The molecule has 2 aromatic rings. The van der Waals surface area contributed by atoms with E-state index in [0.717, 1.165) is 0 Å². The van der Waals surface area contributed by atoms with Gasteiger partial charge in [0, 0.05) is 29.2 Å². The fourth-order valence-corrected chi connectivity index (χ4v) is 3.36. The summed E-state index contributed by atoms with van der Waals surface area (Å²) in [6, 6.07) is 11.3. The Hall–Kier alpha value is -2.44. The van der Waals surface area contributed by atoms with Gasteiger partial charge in [-0.15, -0.1) is 0 Å². The number of rotatable bonds is 9. The molecule has 2 rings (SSSR count). The number of halogens is 2. The Labute approximate surface area is 180 Å². The van der Waals surface area contributed by atoms with Crippen molar-refractivity contribution in [1.29, 1.82) is 0 Å². The van der Waals surface area contributed by atoms with E-state index in [4.69, 9.17) is 32.7 Å². The highest BCUT2D eigenvalue weighted by atomic mass is 35.5. The molecule has 0 fully saturated rings. The highest BCUT2D eigenvalue weighted by molar-refractivity contribution is 6.36. The lowest BCUT2D eigenvalue weighted by Gasteiger charge is -2.30. The number of hydrogen-bond acceptors (Lipinski definition) is 4. The SMILES string of the molecule is CC[C@H](C(=O)NC)N(Cc1c(Cl)cccc1Cl)C(=O)COc1ccc(OC)cc1. The van der Waals surface area contributed by atoms with Gasteiger partial charge in [0.1, 0.15) is 17.5 Å². The largest absolute Gasteiger partial charge is 0.497 e. The Balaban J connectivity index is 2.22. The van der Waals surface area contributed by atoms with Crippen molar-refractivity contribution in [3.8, 4) is 11.5 Å². The highest BCUT2D eigenvalue weighted by Crippen LogP contribution is 2.27. The van der Waals surface area contributed by atoms with E-state index in [1.54, 1.807) is 49.6 Å². The first-order chi connectivity index (χ1) is 13.9. The maximum absolute atomic E-state index is 13.0. The molecule has 6 nitrogen and oxygen atoms in total. The molecule has 0 saturated heterocycles. The van der Waals surface area contributed by atoms with Crippen molar-refractivity contribution in [2.24, 2.45) is 0 Å². The number of benzene rings is 2. The highest BCUT2D eigenvalue weighted by Gasteiger charge is 2.29. The number of hydrogen-bond donors (Lipinski definition) is 1. The summed E-state index contributed by atoms with van der Waals surface area (Å²) in [5, 5.41) is 3.46. The maximum Gasteiger partial charge on any atom is 0.261 e. The summed E-state index contributed by atoms with van der Waals surface area (Å²) in [5.74, 6) is 0.577. The molecule has 0 spiro atoms. The summed E-state index contributed by atoms with van der Waals surface area (Å²) in [4.78, 5) is 26.8. The Morgan fingerprint density at radius 2 is 1.66 bits per heavy atom. The van der Waals surface area contributed by atoms with Gasteiger partial charge in [0.2, 0.25) is 5.91 Å². The molecule has 0 radical (unpaired) electrons. The fraction of sp³-hybridized carbons (Fsp3) is 0.333. The van der Waals surface area contributed by atoms with E-state index in [2.05, 4.69) is 5.32 Å². The molecule has 156 valence electrons. The summed E-state index contributed by atoms with van der Waals surface area (Å²) in [7, 11) is 3.10. The number of ether oxygens (including phenoxy) is 2. The van der Waals surface area contributed by atoms with Crippen LogP contribution in [0, 0.1) is 0 Å². The molecule has 2 amide bonds. The van der Waals surface area contributed by atoms with Crippen LogP contribution >= 0.6 is 23.2 Å². The van der Waals surface area contributed by atoms with Gasteiger partial charge in [-0.25, -0.2) is 0 Å². The van der Waals surface area contributed by atoms with E-state index < -0.39 is 6.04 Å². The van der Waals surface area contributed by atoms with Crippen molar-refractivity contribution in [1.82, 2.24) is 10.2 Å². The second kappa shape index (κ2) is 10.9. The third-order valence-electron chi connectivity index (χ3n) is 4.44. The minimum atomic E-state index is -0.681. The smallest absolute Gasteiger partial charge is 0.261 e. The van der Waals surface area contributed by atoms with Gasteiger partial charge in [-0.1, -0.05) is 36.2 Å². The zero-order valence-electron chi connectivity index (χ0n) is 16.6. The summed E-state index contributed by atoms with van der Waals surface area (Å²) in [6.07, 6.45) is 0.427. The molecule has 0 aliphatic rings. The van der Waals surface area contributed by atoms with Crippen molar-refractivity contribution < 1.29 is 19.1 Å². The van der Waals surface area contributed by atoms with Crippen molar-refractivity contribution in [3.63, 3.8) is 0 Å². The van der Waals surface area contributed by atoms with E-state index in [1.165, 1.54) is 11.9 Å². The van der Waals surface area contributed by atoms with Gasteiger partial charge < -0.3 is 19.7 Å². The summed E-state index contributed by atoms with van der Waals surface area (Å²) >= 11 is 12.6. The molecule has 0 saturated carbocycles. The van der Waals surface area contributed by atoms with Gasteiger partial charge in [0.15, 0.2) is 6.61 Å². The fourth-order valence-electron chi connectivity index (χ4n) is 2.84. The van der Waals surface area contributed by atoms with Gasteiger partial charge >= 0.3 is 0 Å². The van der Waals surface area contributed by atoms with Crippen LogP contribution < -0.4 is 14.8 Å². The van der Waals surface area contributed by atoms with E-state index in [0.29, 0.717) is 33.5 Å². The third-order valence-corrected chi connectivity index (χ3v) is 5.15. The molecule has 1 N–H and O–H groups in total. The van der Waals surface area contributed by atoms with Crippen LogP contribution in [0.5, 0.6) is 11.5 Å². The normalized spacial score (nSPS) is 11.5. The van der Waals surface area contributed by atoms with Crippen molar-refractivity contribution in [2.75, 3.05) is 20.8 Å². The van der Waals surface area contributed by atoms with Gasteiger partial charge in [-0.3, -0.25) is 9.59 Å². The monoisotopic (exact) mass is 438 g/mol. The Kier molecular flexibility index (Phi) is 8.61. The lowest BCUT2D eigenvalue weighted by molar-refractivity contribution is -0.142. The second-order valence-corrected chi connectivity index (χ2v) is 7.04. The Morgan fingerprint density at radius 1 is 1.07 bits per heavy atom. The summed E-state index contributed by atoms with van der Waals surface area (Å²) in [6.45, 7) is 1.69. The average Bonchev–Trinajstić information content (AvgIpc) is 2.73. The number of carbonyl (C=O) groups is 2. The van der Waals surface area contributed by atoms with Gasteiger partial charge in [0.05, 0.1) is 7.11 Å². The lowest BCUT2D eigenvalue weighted by Crippen LogP contribution is -2.49. The first-order valence-electron chi connectivity index (χ1n) is 9.12. The van der Waals surface area contributed by atoms with Crippen molar-refractivity contribution >= 4 is 35.0 Å². The molecular formula is C21H24Cl2N2O4. The Bertz CT molecular complexity index is 823. The van der Waals surface area contributed by atoms with Crippen LogP contribution in [0.3, 0.4) is 0 Å². The van der Waals surface area contributed by atoms with Crippen LogP contribution in [0.25, 0.3) is 0 Å². The number of nitrogens with zero attached hydrogens (tertiary/aromatic N) is 1. The molecule has 0 heterocycles. The minimum Gasteiger partial charge on any atom is -0.497 e. The molecule has 0 aliphatic heterocycles. The van der Waals surface area contributed by atoms with Crippen molar-refractivity contribution in [2.45, 2.75) is 25.9 Å². The Morgan fingerprint density at radius 3 is 2.17 bits per heavy atom. The van der Waals surface area contributed by atoms with Crippen LogP contribution in [-0.4, -0.2) is 43.5 Å². The van der Waals surface area contributed by atoms with Crippen LogP contribution in [0.15, 0.2) is 42.5 Å². The predicted octanol–water partition coefficient (Wildman–Crippen LogP) is 3.93. The first-order valence-corrected chi connectivity index (χ1v) is 9.87. The number of carbonyl (C=O) groups excluding carboxylic acids is 2. The van der Waals surface area contributed by atoms with Gasteiger partial charge in [-0.05, 0) is 42.8 Å². The standard InChI is InChI=1S/C21H24Cl2N2O4/c1-4-19(21(27)24-2)25(12-16-17(22)6-5-7-18(16)23)20(26)13-29-15-10-8-14(28-3)9-11-15/h5-11,19H,4,12-13H2,1-3H3,(H,24,27)/t19-/m1/s1.